The molecule has 0 bridgehead atoms. The van der Waals surface area contributed by atoms with Crippen molar-refractivity contribution in [2.75, 3.05) is 10.5 Å². The zero-order valence-corrected chi connectivity index (χ0v) is 11.7. The summed E-state index contributed by atoms with van der Waals surface area (Å²) in [6.45, 7) is 1.79. The third kappa shape index (κ3) is 4.91. The minimum absolute atomic E-state index is 0.108. The predicted octanol–water partition coefficient (Wildman–Crippen LogP) is 3.90. The molecule has 0 aromatic heterocycles. The Morgan fingerprint density at radius 2 is 1.95 bits per heavy atom. The first-order valence-electron chi connectivity index (χ1n) is 5.53. The first kappa shape index (κ1) is 16.1. The van der Waals surface area contributed by atoms with Gasteiger partial charge in [0.1, 0.15) is 0 Å². The summed E-state index contributed by atoms with van der Waals surface area (Å²) in [4.78, 5) is 0. The molecule has 1 rings (SSSR count). The molecule has 0 aliphatic heterocycles. The Hall–Kier alpha value is -0.950. The molecule has 0 aliphatic carbocycles. The van der Waals surface area contributed by atoms with Crippen LogP contribution in [0.3, 0.4) is 0 Å². The van der Waals surface area contributed by atoms with Gasteiger partial charge in [-0.05, 0) is 24.6 Å². The van der Waals surface area contributed by atoms with Crippen molar-refractivity contribution in [2.45, 2.75) is 25.9 Å². The average Bonchev–Trinajstić information content (AvgIpc) is 2.27. The van der Waals surface area contributed by atoms with E-state index in [2.05, 4.69) is 0 Å². The average molecular weight is 316 g/mol. The number of nitrogens with one attached hydrogen (secondary N) is 1. The van der Waals surface area contributed by atoms with E-state index in [1.807, 2.05) is 4.72 Å². The van der Waals surface area contributed by atoms with Crippen LogP contribution in [-0.2, 0) is 16.2 Å². The largest absolute Gasteiger partial charge is 0.418 e. The van der Waals surface area contributed by atoms with Gasteiger partial charge in [-0.25, -0.2) is 8.42 Å². The summed E-state index contributed by atoms with van der Waals surface area (Å²) in [6, 6.07) is 2.91. The molecule has 0 amide bonds. The van der Waals surface area contributed by atoms with Crippen molar-refractivity contribution in [1.82, 2.24) is 0 Å². The number of benzene rings is 1. The molecule has 0 fully saturated rings. The second-order valence-corrected chi connectivity index (χ2v) is 6.24. The van der Waals surface area contributed by atoms with Crippen LogP contribution < -0.4 is 4.72 Å². The molecule has 3 nitrogen and oxygen atoms in total. The van der Waals surface area contributed by atoms with E-state index >= 15 is 0 Å². The van der Waals surface area contributed by atoms with Gasteiger partial charge in [0.25, 0.3) is 0 Å². The quantitative estimate of drug-likeness (QED) is 0.895. The van der Waals surface area contributed by atoms with Gasteiger partial charge in [0, 0.05) is 5.02 Å². The number of hydrogen-bond donors (Lipinski definition) is 1. The lowest BCUT2D eigenvalue weighted by Gasteiger charge is -2.15. The molecule has 1 N–H and O–H groups in total. The van der Waals surface area contributed by atoms with Crippen LogP contribution in [0.4, 0.5) is 18.9 Å². The minimum Gasteiger partial charge on any atom is -0.283 e. The summed E-state index contributed by atoms with van der Waals surface area (Å²) in [6.07, 6.45) is -3.66. The van der Waals surface area contributed by atoms with E-state index in [0.29, 0.717) is 18.9 Å². The number of rotatable bonds is 5. The SMILES string of the molecule is CCCCS(=O)(=O)Nc1ccc(Cl)cc1C(F)(F)F. The van der Waals surface area contributed by atoms with E-state index in [1.165, 1.54) is 6.07 Å². The lowest BCUT2D eigenvalue weighted by Crippen LogP contribution is -2.19. The summed E-state index contributed by atoms with van der Waals surface area (Å²) in [7, 11) is -3.79. The number of sulfonamides is 1. The van der Waals surface area contributed by atoms with Gasteiger partial charge in [0.2, 0.25) is 10.0 Å². The highest BCUT2D eigenvalue weighted by molar-refractivity contribution is 7.92. The number of hydrogen-bond acceptors (Lipinski definition) is 2. The standard InChI is InChI=1S/C11H13ClF3NO2S/c1-2-3-6-19(17,18)16-10-5-4-8(12)7-9(10)11(13,14)15/h4-5,7,16H,2-3,6H2,1H3. The molecule has 8 heteroatoms. The Bertz CT molecular complexity index is 543. The van der Waals surface area contributed by atoms with Gasteiger partial charge < -0.3 is 0 Å². The Balaban J connectivity index is 3.08. The van der Waals surface area contributed by atoms with Crippen LogP contribution in [0.25, 0.3) is 0 Å². The van der Waals surface area contributed by atoms with Crippen molar-refractivity contribution >= 4 is 27.3 Å². The van der Waals surface area contributed by atoms with Crippen LogP contribution in [0.2, 0.25) is 5.02 Å². The van der Waals surface area contributed by atoms with Crippen LogP contribution >= 0.6 is 11.6 Å². The van der Waals surface area contributed by atoms with Crippen molar-refractivity contribution < 1.29 is 21.6 Å². The molecule has 108 valence electrons. The summed E-state index contributed by atoms with van der Waals surface area (Å²) in [5, 5.41) is -0.108. The van der Waals surface area contributed by atoms with Gasteiger partial charge in [-0.2, -0.15) is 13.2 Å². The van der Waals surface area contributed by atoms with Gasteiger partial charge in [-0.15, -0.1) is 0 Å². The molecule has 0 aliphatic rings. The smallest absolute Gasteiger partial charge is 0.283 e. The summed E-state index contributed by atoms with van der Waals surface area (Å²) in [5.41, 5.74) is -1.60. The van der Waals surface area contributed by atoms with Crippen LogP contribution in [0.15, 0.2) is 18.2 Å². The van der Waals surface area contributed by atoms with Crippen LogP contribution in [0, 0.1) is 0 Å². The van der Waals surface area contributed by atoms with E-state index in [0.717, 1.165) is 6.07 Å². The molecule has 1 aromatic rings. The van der Waals surface area contributed by atoms with Crippen molar-refractivity contribution in [2.24, 2.45) is 0 Å². The van der Waals surface area contributed by atoms with Crippen molar-refractivity contribution in [3.05, 3.63) is 28.8 Å². The maximum atomic E-state index is 12.8. The fourth-order valence-electron chi connectivity index (χ4n) is 1.39. The van der Waals surface area contributed by atoms with E-state index in [4.69, 9.17) is 11.6 Å². The molecule has 0 radical (unpaired) electrons. The van der Waals surface area contributed by atoms with Gasteiger partial charge in [-0.3, -0.25) is 4.72 Å². The first-order valence-corrected chi connectivity index (χ1v) is 7.56. The lowest BCUT2D eigenvalue weighted by atomic mass is 10.2. The Morgan fingerprint density at radius 1 is 1.32 bits per heavy atom. The maximum Gasteiger partial charge on any atom is 0.418 e. The fraction of sp³-hybridized carbons (Fsp3) is 0.455. The molecule has 0 atom stereocenters. The topological polar surface area (TPSA) is 46.2 Å². The molecular weight excluding hydrogens is 303 g/mol. The normalized spacial score (nSPS) is 12.5. The Kier molecular flexibility index (Phi) is 5.09. The van der Waals surface area contributed by atoms with E-state index < -0.39 is 27.5 Å². The highest BCUT2D eigenvalue weighted by Gasteiger charge is 2.34. The van der Waals surface area contributed by atoms with Crippen molar-refractivity contribution in [3.8, 4) is 0 Å². The lowest BCUT2D eigenvalue weighted by molar-refractivity contribution is -0.136. The highest BCUT2D eigenvalue weighted by Crippen LogP contribution is 2.36. The summed E-state index contributed by atoms with van der Waals surface area (Å²) < 4.78 is 63.5. The van der Waals surface area contributed by atoms with Gasteiger partial charge in [-0.1, -0.05) is 24.9 Å². The molecule has 0 saturated carbocycles. The third-order valence-corrected chi connectivity index (χ3v) is 3.91. The molecular formula is C11H13ClF3NO2S. The van der Waals surface area contributed by atoms with Gasteiger partial charge in [0.05, 0.1) is 17.0 Å². The monoisotopic (exact) mass is 315 g/mol. The number of halogens is 4. The predicted molar refractivity (Wildman–Crippen MR) is 68.8 cm³/mol. The van der Waals surface area contributed by atoms with Crippen molar-refractivity contribution in [3.63, 3.8) is 0 Å². The van der Waals surface area contributed by atoms with Crippen molar-refractivity contribution in [1.29, 1.82) is 0 Å². The number of unbranched alkanes of at least 4 members (excludes halogenated alkanes) is 1. The maximum absolute atomic E-state index is 12.8. The molecule has 19 heavy (non-hydrogen) atoms. The molecule has 0 heterocycles. The highest BCUT2D eigenvalue weighted by atomic mass is 35.5. The summed E-state index contributed by atoms with van der Waals surface area (Å²) >= 11 is 5.50. The number of alkyl halides is 3. The third-order valence-electron chi connectivity index (χ3n) is 2.32. The minimum atomic E-state index is -4.67. The molecule has 1 aromatic carbocycles. The van der Waals surface area contributed by atoms with Gasteiger partial charge >= 0.3 is 6.18 Å². The van der Waals surface area contributed by atoms with Gasteiger partial charge in [0.15, 0.2) is 0 Å². The van der Waals surface area contributed by atoms with Crippen LogP contribution in [0.1, 0.15) is 25.3 Å². The number of anilines is 1. The Morgan fingerprint density at radius 3 is 2.47 bits per heavy atom. The Labute approximate surface area is 114 Å². The van der Waals surface area contributed by atoms with E-state index in [9.17, 15) is 21.6 Å². The fourth-order valence-corrected chi connectivity index (χ4v) is 2.85. The van der Waals surface area contributed by atoms with E-state index in [1.54, 1.807) is 6.92 Å². The zero-order valence-electron chi connectivity index (χ0n) is 10.1. The van der Waals surface area contributed by atoms with Crippen LogP contribution in [-0.4, -0.2) is 14.2 Å². The van der Waals surface area contributed by atoms with Crippen LogP contribution in [0.5, 0.6) is 0 Å². The summed E-state index contributed by atoms with van der Waals surface area (Å²) in [5.74, 6) is -0.219. The van der Waals surface area contributed by atoms with E-state index in [-0.39, 0.29) is 10.8 Å². The molecule has 0 unspecified atom stereocenters. The second-order valence-electron chi connectivity index (χ2n) is 3.96. The molecule has 0 spiro atoms. The first-order chi connectivity index (χ1) is 8.65. The second kappa shape index (κ2) is 6.00. The molecule has 0 saturated heterocycles. The zero-order chi connectivity index (χ0) is 14.7.